The minimum Gasteiger partial charge on any atom is -0.506 e. The van der Waals surface area contributed by atoms with E-state index < -0.39 is 27.4 Å². The van der Waals surface area contributed by atoms with Gasteiger partial charge in [-0.3, -0.25) is 9.69 Å². The van der Waals surface area contributed by atoms with Crippen LogP contribution in [-0.4, -0.2) is 108 Å². The van der Waals surface area contributed by atoms with E-state index in [2.05, 4.69) is 38.2 Å². The molecule has 9 aliphatic heterocycles. The number of aliphatic hydroxyl groups is 1. The molecule has 11 aliphatic rings. The second kappa shape index (κ2) is 9.24. The Balaban J connectivity index is 1.03. The Labute approximate surface area is 308 Å². The fraction of sp³-hybridized carbons (Fsp3) is 0.619. The SMILES string of the molecule is COC(=O)C1=C2Nc3ccccc3[C@@]23CC(=O)N2C[C@]4(C[C@@H]5C[C@]67CCO[C@H]6CCN6CC[C@@]8(c9cccc(O)c9N(C4)[C@@]58O)[C@@H]67)[C@@H]4OCC[C@]4(C1)[C@H]23. The standard InChI is InChI=1S/C42H46N4O7/c1-51-33(49)24-19-39-12-16-53-36(39)37(21-45-30(48)20-40(34(39)45)25-5-2-3-7-27(25)43-32(24)40)17-23-18-38-11-15-52-29(38)9-13-44-14-10-41(35(38)44)26-6-4-8-28(47)31(26)46(22-37)42(23,41)50/h2-8,23,29,34-36,43,47,50H,9-22H2,1H3/t23-,29+,34+,35+,36+,37+,38-,39+,40+,41-,42-/m1/s1. The highest BCUT2D eigenvalue weighted by molar-refractivity contribution is 5.96. The monoisotopic (exact) mass is 718 g/mol. The van der Waals surface area contributed by atoms with Gasteiger partial charge in [-0.05, 0) is 74.8 Å². The summed E-state index contributed by atoms with van der Waals surface area (Å²) in [6.45, 7) is 4.13. The summed E-state index contributed by atoms with van der Waals surface area (Å²) in [5.74, 6) is -0.185. The van der Waals surface area contributed by atoms with Crippen molar-refractivity contribution in [1.82, 2.24) is 9.80 Å². The Hall–Kier alpha value is -3.64. The van der Waals surface area contributed by atoms with Crippen molar-refractivity contribution in [2.45, 2.75) is 92.2 Å². The Bertz CT molecular complexity index is 2120. The molecule has 11 atom stereocenters. The van der Waals surface area contributed by atoms with Crippen LogP contribution in [-0.2, 0) is 34.6 Å². The molecule has 7 saturated heterocycles. The van der Waals surface area contributed by atoms with Gasteiger partial charge in [0.1, 0.15) is 5.75 Å². The van der Waals surface area contributed by atoms with Gasteiger partial charge in [0.25, 0.3) is 0 Å². The lowest BCUT2D eigenvalue weighted by atomic mass is 9.43. The number of esters is 1. The quantitative estimate of drug-likeness (QED) is 0.379. The molecule has 11 heteroatoms. The Kier molecular flexibility index (Phi) is 5.34. The van der Waals surface area contributed by atoms with Crippen molar-refractivity contribution in [2.75, 3.05) is 56.7 Å². The highest BCUT2D eigenvalue weighted by Crippen LogP contribution is 2.77. The molecule has 276 valence electrons. The summed E-state index contributed by atoms with van der Waals surface area (Å²) < 4.78 is 19.2. The van der Waals surface area contributed by atoms with Crippen molar-refractivity contribution in [2.24, 2.45) is 22.2 Å². The molecule has 9 heterocycles. The zero-order valence-electron chi connectivity index (χ0n) is 30.1. The summed E-state index contributed by atoms with van der Waals surface area (Å²) in [5, 5.41) is 29.4. The summed E-state index contributed by atoms with van der Waals surface area (Å²) >= 11 is 0. The maximum absolute atomic E-state index is 14.8. The van der Waals surface area contributed by atoms with Gasteiger partial charge in [0.05, 0.1) is 47.5 Å². The number of rotatable bonds is 1. The van der Waals surface area contributed by atoms with Gasteiger partial charge < -0.3 is 39.5 Å². The van der Waals surface area contributed by atoms with Crippen LogP contribution in [0.5, 0.6) is 5.75 Å². The number of phenolic OH excluding ortho intramolecular Hbond substituents is 1. The van der Waals surface area contributed by atoms with Crippen LogP contribution in [0.15, 0.2) is 53.7 Å². The van der Waals surface area contributed by atoms with E-state index in [4.69, 9.17) is 14.2 Å². The van der Waals surface area contributed by atoms with Crippen LogP contribution in [0.1, 0.15) is 62.5 Å². The van der Waals surface area contributed by atoms with Crippen LogP contribution in [0, 0.1) is 22.2 Å². The second-order valence-corrected chi connectivity index (χ2v) is 18.7. The second-order valence-electron chi connectivity index (χ2n) is 18.7. The number of ether oxygens (including phenoxy) is 3. The molecule has 3 N–H and O–H groups in total. The van der Waals surface area contributed by atoms with Crippen molar-refractivity contribution >= 4 is 23.3 Å². The van der Waals surface area contributed by atoms with Gasteiger partial charge in [-0.2, -0.15) is 0 Å². The zero-order valence-corrected chi connectivity index (χ0v) is 30.1. The van der Waals surface area contributed by atoms with Crippen molar-refractivity contribution in [1.29, 1.82) is 0 Å². The number of para-hydroxylation sites is 2. The molecule has 11 nitrogen and oxygen atoms in total. The molecule has 2 aliphatic carbocycles. The van der Waals surface area contributed by atoms with E-state index in [0.717, 1.165) is 80.0 Å². The number of hydrogen-bond acceptors (Lipinski definition) is 10. The molecule has 5 spiro atoms. The van der Waals surface area contributed by atoms with Gasteiger partial charge in [0, 0.05) is 78.9 Å². The Morgan fingerprint density at radius 2 is 1.77 bits per heavy atom. The molecule has 0 bridgehead atoms. The maximum atomic E-state index is 14.8. The van der Waals surface area contributed by atoms with E-state index in [-0.39, 0.29) is 59.7 Å². The van der Waals surface area contributed by atoms with Gasteiger partial charge in [-0.1, -0.05) is 30.3 Å². The van der Waals surface area contributed by atoms with E-state index in [1.54, 1.807) is 6.07 Å². The van der Waals surface area contributed by atoms with Crippen molar-refractivity contribution in [3.05, 3.63) is 64.9 Å². The van der Waals surface area contributed by atoms with Crippen molar-refractivity contribution in [3.8, 4) is 5.75 Å². The highest BCUT2D eigenvalue weighted by Gasteiger charge is 2.84. The molecule has 0 unspecified atom stereocenters. The van der Waals surface area contributed by atoms with Crippen molar-refractivity contribution < 1.29 is 34.0 Å². The highest BCUT2D eigenvalue weighted by atomic mass is 16.5. The minimum absolute atomic E-state index is 0.105. The molecule has 53 heavy (non-hydrogen) atoms. The molecule has 13 rings (SSSR count). The number of nitrogens with one attached hydrogen (secondary N) is 1. The largest absolute Gasteiger partial charge is 0.506 e. The van der Waals surface area contributed by atoms with Gasteiger partial charge in [0.2, 0.25) is 5.91 Å². The average molecular weight is 719 g/mol. The fourth-order valence-corrected chi connectivity index (χ4v) is 16.4. The predicted molar refractivity (Wildman–Crippen MR) is 191 cm³/mol. The third-order valence-electron chi connectivity index (χ3n) is 17.4. The Morgan fingerprint density at radius 3 is 2.66 bits per heavy atom. The number of carbonyl (C=O) groups is 2. The lowest BCUT2D eigenvalue weighted by Crippen LogP contribution is -2.81. The molecule has 2 aromatic rings. The van der Waals surface area contributed by atoms with Gasteiger partial charge in [-0.25, -0.2) is 4.79 Å². The third kappa shape index (κ3) is 2.96. The van der Waals surface area contributed by atoms with E-state index in [0.29, 0.717) is 38.1 Å². The smallest absolute Gasteiger partial charge is 0.335 e. The first-order valence-electron chi connectivity index (χ1n) is 20.0. The number of phenols is 1. The van der Waals surface area contributed by atoms with Crippen LogP contribution in [0.3, 0.4) is 0 Å². The van der Waals surface area contributed by atoms with Crippen LogP contribution >= 0.6 is 0 Å². The molecule has 0 radical (unpaired) electrons. The number of hydrogen-bond donors (Lipinski definition) is 3. The number of anilines is 2. The van der Waals surface area contributed by atoms with Crippen LogP contribution in [0.25, 0.3) is 0 Å². The number of methoxy groups -OCH3 is 1. The molecule has 8 fully saturated rings. The average Bonchev–Trinajstić information content (AvgIpc) is 4.00. The number of fused-ring (bicyclic) bond motifs is 4. The summed E-state index contributed by atoms with van der Waals surface area (Å²) in [6.07, 6.45) is 5.66. The first-order chi connectivity index (χ1) is 25.7. The van der Waals surface area contributed by atoms with E-state index in [1.807, 2.05) is 18.2 Å². The van der Waals surface area contributed by atoms with Crippen molar-refractivity contribution in [3.63, 3.8) is 0 Å². The lowest BCUT2D eigenvalue weighted by molar-refractivity contribution is -0.232. The van der Waals surface area contributed by atoms with Crippen LogP contribution in [0.2, 0.25) is 0 Å². The number of aromatic hydroxyl groups is 1. The number of carbonyl (C=O) groups excluding carboxylic acids is 2. The summed E-state index contributed by atoms with van der Waals surface area (Å²) in [5.41, 5.74) is 1.59. The van der Waals surface area contributed by atoms with Gasteiger partial charge in [0.15, 0.2) is 5.72 Å². The molecule has 0 aromatic heterocycles. The van der Waals surface area contributed by atoms with Crippen LogP contribution in [0.4, 0.5) is 11.4 Å². The van der Waals surface area contributed by atoms with E-state index >= 15 is 0 Å². The number of benzene rings is 2. The topological polar surface area (TPSA) is 124 Å². The first kappa shape index (κ1) is 30.7. The van der Waals surface area contributed by atoms with Gasteiger partial charge in [-0.15, -0.1) is 0 Å². The first-order valence-corrected chi connectivity index (χ1v) is 20.0. The number of nitrogens with zero attached hydrogens (tertiary/aromatic N) is 3. The third-order valence-corrected chi connectivity index (χ3v) is 17.4. The van der Waals surface area contributed by atoms with E-state index in [9.17, 15) is 19.8 Å². The lowest BCUT2D eigenvalue weighted by Gasteiger charge is -2.70. The molecular formula is C42H46N4O7. The summed E-state index contributed by atoms with van der Waals surface area (Å²) in [6, 6.07) is 14.1. The number of piperidine rings is 3. The molecule has 1 saturated carbocycles. The fourth-order valence-electron chi connectivity index (χ4n) is 16.4. The number of amides is 1. The van der Waals surface area contributed by atoms with Crippen LogP contribution < -0.4 is 10.2 Å². The molecular weight excluding hydrogens is 672 g/mol. The molecule has 1 amide bonds. The van der Waals surface area contributed by atoms with E-state index in [1.165, 1.54) is 7.11 Å². The summed E-state index contributed by atoms with van der Waals surface area (Å²) in [4.78, 5) is 35.8. The minimum atomic E-state index is -1.21. The zero-order chi connectivity index (χ0) is 35.5. The van der Waals surface area contributed by atoms with Gasteiger partial charge >= 0.3 is 5.97 Å². The normalized spacial score (nSPS) is 47.4. The Morgan fingerprint density at radius 1 is 0.943 bits per heavy atom. The molecule has 2 aromatic carbocycles. The summed E-state index contributed by atoms with van der Waals surface area (Å²) in [7, 11) is 1.45. The predicted octanol–water partition coefficient (Wildman–Crippen LogP) is 3.39. The maximum Gasteiger partial charge on any atom is 0.335 e.